The molecule has 0 aliphatic carbocycles. The molecule has 2 rings (SSSR count). The van der Waals surface area contributed by atoms with Crippen molar-refractivity contribution in [3.8, 4) is 11.4 Å². The molecule has 2 aromatic rings. The summed E-state index contributed by atoms with van der Waals surface area (Å²) in [5.74, 6) is 1.63. The summed E-state index contributed by atoms with van der Waals surface area (Å²) in [6.07, 6.45) is 2.66. The number of aromatic nitrogens is 3. The lowest BCUT2D eigenvalue weighted by atomic mass is 9.84. The fourth-order valence-corrected chi connectivity index (χ4v) is 2.41. The van der Waals surface area contributed by atoms with E-state index in [1.54, 1.807) is 13.2 Å². The summed E-state index contributed by atoms with van der Waals surface area (Å²) in [6, 6.07) is 3.33. The van der Waals surface area contributed by atoms with Gasteiger partial charge in [0.25, 0.3) is 5.56 Å². The van der Waals surface area contributed by atoms with E-state index in [2.05, 4.69) is 37.8 Å². The molecule has 0 spiro atoms. The third-order valence-electron chi connectivity index (χ3n) is 3.29. The van der Waals surface area contributed by atoms with Crippen LogP contribution < -0.4 is 5.56 Å². The molecule has 5 nitrogen and oxygen atoms in total. The molecule has 0 radical (unpaired) electrons. The van der Waals surface area contributed by atoms with Crippen molar-refractivity contribution in [3.05, 3.63) is 34.6 Å². The SMILES string of the molecule is CC(C)CC(C)(C)c1nc(-c2ccn(C)c(=O)c2)no1. The Labute approximate surface area is 118 Å². The number of rotatable bonds is 4. The van der Waals surface area contributed by atoms with Gasteiger partial charge in [-0.2, -0.15) is 4.98 Å². The van der Waals surface area contributed by atoms with Crippen LogP contribution in [0.15, 0.2) is 27.6 Å². The third kappa shape index (κ3) is 2.98. The van der Waals surface area contributed by atoms with E-state index in [0.29, 0.717) is 23.2 Å². The molecule has 20 heavy (non-hydrogen) atoms. The molecule has 0 aliphatic heterocycles. The second-order valence-corrected chi connectivity index (χ2v) is 6.27. The monoisotopic (exact) mass is 275 g/mol. The number of aryl methyl sites for hydroxylation is 1. The normalized spacial score (nSPS) is 12.1. The average Bonchev–Trinajstić information content (AvgIpc) is 2.81. The van der Waals surface area contributed by atoms with Gasteiger partial charge in [0.15, 0.2) is 0 Å². The topological polar surface area (TPSA) is 60.9 Å². The molecule has 0 fully saturated rings. The highest BCUT2D eigenvalue weighted by molar-refractivity contribution is 5.52. The molecule has 108 valence electrons. The van der Waals surface area contributed by atoms with Gasteiger partial charge < -0.3 is 9.09 Å². The highest BCUT2D eigenvalue weighted by Crippen LogP contribution is 2.30. The molecule has 0 atom stereocenters. The number of hydrogen-bond donors (Lipinski definition) is 0. The van der Waals surface area contributed by atoms with E-state index in [0.717, 1.165) is 6.42 Å². The Morgan fingerprint density at radius 3 is 2.70 bits per heavy atom. The van der Waals surface area contributed by atoms with Gasteiger partial charge in [0.05, 0.1) is 0 Å². The first-order valence-corrected chi connectivity index (χ1v) is 6.81. The Kier molecular flexibility index (Phi) is 3.79. The van der Waals surface area contributed by atoms with Crippen LogP contribution in [0.2, 0.25) is 0 Å². The Morgan fingerprint density at radius 1 is 1.40 bits per heavy atom. The molecule has 0 amide bonds. The maximum absolute atomic E-state index is 11.6. The summed E-state index contributed by atoms with van der Waals surface area (Å²) in [5.41, 5.74) is 0.429. The van der Waals surface area contributed by atoms with E-state index in [9.17, 15) is 4.79 Å². The third-order valence-corrected chi connectivity index (χ3v) is 3.29. The fraction of sp³-hybridized carbons (Fsp3) is 0.533. The Hall–Kier alpha value is -1.91. The second-order valence-electron chi connectivity index (χ2n) is 6.27. The lowest BCUT2D eigenvalue weighted by Gasteiger charge is -2.21. The van der Waals surface area contributed by atoms with Crippen molar-refractivity contribution < 1.29 is 4.52 Å². The molecular formula is C15H21N3O2. The van der Waals surface area contributed by atoms with Gasteiger partial charge in [-0.15, -0.1) is 0 Å². The first kappa shape index (κ1) is 14.5. The zero-order valence-corrected chi connectivity index (χ0v) is 12.7. The molecule has 0 saturated heterocycles. The van der Waals surface area contributed by atoms with Gasteiger partial charge in [0.1, 0.15) is 0 Å². The fourth-order valence-electron chi connectivity index (χ4n) is 2.41. The van der Waals surface area contributed by atoms with Gasteiger partial charge in [-0.05, 0) is 18.4 Å². The highest BCUT2D eigenvalue weighted by Gasteiger charge is 2.28. The van der Waals surface area contributed by atoms with Crippen LogP contribution in [0.5, 0.6) is 0 Å². The van der Waals surface area contributed by atoms with Gasteiger partial charge in [0, 0.05) is 30.3 Å². The van der Waals surface area contributed by atoms with Crippen LogP contribution >= 0.6 is 0 Å². The molecule has 0 unspecified atom stereocenters. The van der Waals surface area contributed by atoms with Crippen LogP contribution in [0.1, 0.15) is 40.0 Å². The number of hydrogen-bond acceptors (Lipinski definition) is 4. The highest BCUT2D eigenvalue weighted by atomic mass is 16.5. The summed E-state index contributed by atoms with van der Waals surface area (Å²) in [4.78, 5) is 16.1. The van der Waals surface area contributed by atoms with Crippen molar-refractivity contribution in [3.63, 3.8) is 0 Å². The van der Waals surface area contributed by atoms with E-state index in [1.807, 2.05) is 6.07 Å². The van der Waals surface area contributed by atoms with Crippen molar-refractivity contribution in [1.82, 2.24) is 14.7 Å². The van der Waals surface area contributed by atoms with E-state index < -0.39 is 0 Å². The minimum absolute atomic E-state index is 0.0877. The van der Waals surface area contributed by atoms with E-state index in [4.69, 9.17) is 4.52 Å². The van der Waals surface area contributed by atoms with Crippen molar-refractivity contribution in [2.75, 3.05) is 0 Å². The van der Waals surface area contributed by atoms with Crippen LogP contribution in [0.25, 0.3) is 11.4 Å². The summed E-state index contributed by atoms with van der Waals surface area (Å²) in [6.45, 7) is 8.52. The zero-order chi connectivity index (χ0) is 14.9. The minimum atomic E-state index is -0.168. The van der Waals surface area contributed by atoms with E-state index in [1.165, 1.54) is 10.6 Å². The smallest absolute Gasteiger partial charge is 0.250 e. The van der Waals surface area contributed by atoms with Crippen LogP contribution in [-0.2, 0) is 12.5 Å². The zero-order valence-electron chi connectivity index (χ0n) is 12.7. The van der Waals surface area contributed by atoms with Crippen LogP contribution in [0, 0.1) is 5.92 Å². The molecule has 0 aromatic carbocycles. The first-order valence-electron chi connectivity index (χ1n) is 6.81. The molecule has 0 saturated carbocycles. The van der Waals surface area contributed by atoms with E-state index in [-0.39, 0.29) is 11.0 Å². The van der Waals surface area contributed by atoms with Crippen LogP contribution in [0.4, 0.5) is 0 Å². The molecule has 5 heteroatoms. The minimum Gasteiger partial charge on any atom is -0.338 e. The first-order chi connectivity index (χ1) is 9.29. The number of pyridine rings is 1. The van der Waals surface area contributed by atoms with Gasteiger partial charge in [0.2, 0.25) is 11.7 Å². The van der Waals surface area contributed by atoms with Gasteiger partial charge in [-0.3, -0.25) is 4.79 Å². The lowest BCUT2D eigenvalue weighted by Crippen LogP contribution is -2.20. The van der Waals surface area contributed by atoms with Crippen molar-refractivity contribution in [2.45, 2.75) is 39.5 Å². The average molecular weight is 275 g/mol. The van der Waals surface area contributed by atoms with E-state index >= 15 is 0 Å². The van der Waals surface area contributed by atoms with Gasteiger partial charge >= 0.3 is 0 Å². The Bertz CT molecular complexity index is 653. The predicted molar refractivity (Wildman–Crippen MR) is 77.5 cm³/mol. The summed E-state index contributed by atoms with van der Waals surface area (Å²) >= 11 is 0. The largest absolute Gasteiger partial charge is 0.338 e. The Morgan fingerprint density at radius 2 is 2.10 bits per heavy atom. The van der Waals surface area contributed by atoms with Crippen molar-refractivity contribution in [1.29, 1.82) is 0 Å². The summed E-state index contributed by atoms with van der Waals surface area (Å²) in [7, 11) is 1.71. The molecule has 0 aliphatic rings. The summed E-state index contributed by atoms with van der Waals surface area (Å²) in [5, 5.41) is 4.00. The maximum atomic E-state index is 11.6. The molecule has 0 bridgehead atoms. The second kappa shape index (κ2) is 5.23. The van der Waals surface area contributed by atoms with Crippen LogP contribution in [-0.4, -0.2) is 14.7 Å². The maximum Gasteiger partial charge on any atom is 0.250 e. The lowest BCUT2D eigenvalue weighted by molar-refractivity contribution is 0.275. The van der Waals surface area contributed by atoms with Crippen molar-refractivity contribution in [2.24, 2.45) is 13.0 Å². The quantitative estimate of drug-likeness (QED) is 0.860. The number of nitrogens with zero attached hydrogens (tertiary/aromatic N) is 3. The van der Waals surface area contributed by atoms with Crippen molar-refractivity contribution >= 4 is 0 Å². The Balaban J connectivity index is 2.33. The predicted octanol–water partition coefficient (Wildman–Crippen LogP) is 2.76. The molecular weight excluding hydrogens is 254 g/mol. The van der Waals surface area contributed by atoms with Crippen LogP contribution in [0.3, 0.4) is 0 Å². The molecule has 2 aromatic heterocycles. The molecule has 0 N–H and O–H groups in total. The molecule has 2 heterocycles. The standard InChI is InChI=1S/C15H21N3O2/c1-10(2)9-15(3,4)14-16-13(17-20-14)11-6-7-18(5)12(19)8-11/h6-8,10H,9H2,1-5H3. The summed E-state index contributed by atoms with van der Waals surface area (Å²) < 4.78 is 6.89. The van der Waals surface area contributed by atoms with Gasteiger partial charge in [-0.1, -0.05) is 32.9 Å². The van der Waals surface area contributed by atoms with Gasteiger partial charge in [-0.25, -0.2) is 0 Å².